The zero-order valence-electron chi connectivity index (χ0n) is 35.8. The number of alkyl halides is 3. The zero-order chi connectivity index (χ0) is 45.3. The van der Waals surface area contributed by atoms with Crippen LogP contribution in [0.2, 0.25) is 0 Å². The van der Waals surface area contributed by atoms with E-state index in [1.165, 1.54) is 11.6 Å². The number of halogens is 3. The summed E-state index contributed by atoms with van der Waals surface area (Å²) in [6.45, 7) is 4.22. The number of benzene rings is 9. The van der Waals surface area contributed by atoms with E-state index >= 15 is 0 Å². The maximum Gasteiger partial charge on any atom is 0.416 e. The van der Waals surface area contributed by atoms with Gasteiger partial charge in [0.1, 0.15) is 0 Å². The largest absolute Gasteiger partial charge is 0.416 e. The van der Waals surface area contributed by atoms with Gasteiger partial charge in [-0.05, 0) is 131 Å². The molecular weight excluding hydrogens is 822 g/mol. The number of hydrogen-bond acceptors (Lipinski definition) is 2. The molecule has 0 amide bonds. The zero-order valence-corrected chi connectivity index (χ0v) is 35.8. The van der Waals surface area contributed by atoms with E-state index in [0.29, 0.717) is 27.8 Å². The Hall–Kier alpha value is -8.65. The van der Waals surface area contributed by atoms with E-state index in [1.54, 1.807) is 6.07 Å². The van der Waals surface area contributed by atoms with Crippen molar-refractivity contribution in [2.75, 3.05) is 0 Å². The second-order valence-corrected chi connectivity index (χ2v) is 16.7. The minimum Gasteiger partial charge on any atom is -0.309 e. The summed E-state index contributed by atoms with van der Waals surface area (Å²) in [5, 5.41) is 25.6. The van der Waals surface area contributed by atoms with E-state index in [2.05, 4.69) is 114 Å². The van der Waals surface area contributed by atoms with Gasteiger partial charge in [0, 0.05) is 32.7 Å². The molecule has 2 aromatic heterocycles. The molecule has 11 aromatic rings. The SMILES string of the molecule is Cc1ccccc1-c1ccc2c(c1)c1ccccc1n2-c1ccc(-c2ccc(C(F)(F)F)cc2C#N)cc1-c1c(C#N)cccc1-n1c2ccccc2c2cc(-c3ccccc3C)ccc21. The summed E-state index contributed by atoms with van der Waals surface area (Å²) < 4.78 is 46.4. The Bertz CT molecular complexity index is 3870. The standard InChI is InChI=1S/C59H37F3N4/c1-36-12-3-5-15-44(36)38-22-27-54-49(31-38)47-17-7-9-19-52(47)65(54)56-29-24-40(46-26-25-43(59(60,61)62)30-42(46)35-64)33-51(56)58-41(34-63)14-11-21-57(58)66-53-20-10-8-18-48(53)50-32-39(23-28-55(50)66)45-16-6-4-13-37(45)2/h3-33H,1-2H3. The van der Waals surface area contributed by atoms with Crippen LogP contribution in [0.4, 0.5) is 13.2 Å². The Labute approximate surface area is 378 Å². The highest BCUT2D eigenvalue weighted by Gasteiger charge is 2.31. The van der Waals surface area contributed by atoms with Gasteiger partial charge in [0.25, 0.3) is 0 Å². The van der Waals surface area contributed by atoms with Crippen molar-refractivity contribution in [3.8, 4) is 68.0 Å². The van der Waals surface area contributed by atoms with Crippen molar-refractivity contribution in [3.05, 3.63) is 216 Å². The van der Waals surface area contributed by atoms with Gasteiger partial charge < -0.3 is 9.13 Å². The highest BCUT2D eigenvalue weighted by atomic mass is 19.4. The van der Waals surface area contributed by atoms with Crippen LogP contribution in [0.1, 0.15) is 27.8 Å². The number of rotatable bonds is 6. The van der Waals surface area contributed by atoms with E-state index in [-0.39, 0.29) is 5.56 Å². The van der Waals surface area contributed by atoms with Crippen molar-refractivity contribution in [1.82, 2.24) is 9.13 Å². The Balaban J connectivity index is 1.23. The van der Waals surface area contributed by atoms with Crippen molar-refractivity contribution in [3.63, 3.8) is 0 Å². The van der Waals surface area contributed by atoms with Crippen LogP contribution in [0.25, 0.3) is 99.5 Å². The van der Waals surface area contributed by atoms with Crippen LogP contribution in [-0.2, 0) is 6.18 Å². The third-order valence-electron chi connectivity index (χ3n) is 12.9. The van der Waals surface area contributed by atoms with Gasteiger partial charge in [-0.1, -0.05) is 115 Å². The lowest BCUT2D eigenvalue weighted by molar-refractivity contribution is -0.137. The summed E-state index contributed by atoms with van der Waals surface area (Å²) in [7, 11) is 0. The van der Waals surface area contributed by atoms with Gasteiger partial charge in [-0.25, -0.2) is 0 Å². The van der Waals surface area contributed by atoms with Crippen LogP contribution in [-0.4, -0.2) is 9.13 Å². The van der Waals surface area contributed by atoms with E-state index < -0.39 is 11.7 Å². The monoisotopic (exact) mass is 858 g/mol. The average molecular weight is 859 g/mol. The molecule has 66 heavy (non-hydrogen) atoms. The molecule has 4 nitrogen and oxygen atoms in total. The molecule has 7 heteroatoms. The van der Waals surface area contributed by atoms with Gasteiger partial charge in [0.2, 0.25) is 0 Å². The van der Waals surface area contributed by atoms with Gasteiger partial charge in [-0.2, -0.15) is 23.7 Å². The highest BCUT2D eigenvalue weighted by molar-refractivity contribution is 6.13. The molecule has 0 atom stereocenters. The lowest BCUT2D eigenvalue weighted by atomic mass is 9.91. The Morgan fingerprint density at radius 2 is 0.894 bits per heavy atom. The predicted molar refractivity (Wildman–Crippen MR) is 261 cm³/mol. The first-order valence-electron chi connectivity index (χ1n) is 21.6. The molecule has 0 radical (unpaired) electrons. The molecular formula is C59H37F3N4. The maximum atomic E-state index is 14.0. The maximum absolute atomic E-state index is 14.0. The molecule has 0 spiro atoms. The van der Waals surface area contributed by atoms with Gasteiger partial charge in [-0.3, -0.25) is 0 Å². The quantitative estimate of drug-likeness (QED) is 0.167. The number of para-hydroxylation sites is 2. The molecule has 0 aliphatic rings. The van der Waals surface area contributed by atoms with Crippen LogP contribution in [0, 0.1) is 36.5 Å². The average Bonchev–Trinajstić information content (AvgIpc) is 3.85. The molecule has 0 N–H and O–H groups in total. The Morgan fingerprint density at radius 1 is 0.394 bits per heavy atom. The molecule has 0 saturated heterocycles. The van der Waals surface area contributed by atoms with Crippen molar-refractivity contribution in [2.24, 2.45) is 0 Å². The van der Waals surface area contributed by atoms with Crippen LogP contribution in [0.15, 0.2) is 188 Å². The van der Waals surface area contributed by atoms with Crippen molar-refractivity contribution >= 4 is 43.6 Å². The van der Waals surface area contributed by atoms with E-state index in [0.717, 1.165) is 94.9 Å². The Morgan fingerprint density at radius 3 is 1.45 bits per heavy atom. The molecule has 0 fully saturated rings. The summed E-state index contributed by atoms with van der Waals surface area (Å²) in [4.78, 5) is 0. The first kappa shape index (κ1) is 40.1. The smallest absolute Gasteiger partial charge is 0.309 e. The van der Waals surface area contributed by atoms with Crippen LogP contribution in [0.5, 0.6) is 0 Å². The van der Waals surface area contributed by atoms with Gasteiger partial charge >= 0.3 is 6.18 Å². The molecule has 11 rings (SSSR count). The van der Waals surface area contributed by atoms with Gasteiger partial charge in [-0.15, -0.1) is 0 Å². The van der Waals surface area contributed by atoms with E-state index in [1.807, 2.05) is 84.9 Å². The number of aryl methyl sites for hydroxylation is 2. The fourth-order valence-electron chi connectivity index (χ4n) is 9.86. The van der Waals surface area contributed by atoms with Gasteiger partial charge in [0.05, 0.1) is 62.3 Å². The summed E-state index contributed by atoms with van der Waals surface area (Å²) >= 11 is 0. The lowest BCUT2D eigenvalue weighted by Crippen LogP contribution is -2.06. The summed E-state index contributed by atoms with van der Waals surface area (Å²) in [6, 6.07) is 65.4. The van der Waals surface area contributed by atoms with Crippen LogP contribution in [0.3, 0.4) is 0 Å². The predicted octanol–water partition coefficient (Wildman–Crippen LogP) is 15.9. The van der Waals surface area contributed by atoms with E-state index in [4.69, 9.17) is 0 Å². The fraction of sp³-hybridized carbons (Fsp3) is 0.0508. The van der Waals surface area contributed by atoms with E-state index in [9.17, 15) is 23.7 Å². The number of nitrogens with zero attached hydrogens (tertiary/aromatic N) is 4. The van der Waals surface area contributed by atoms with Crippen molar-refractivity contribution in [1.29, 1.82) is 10.5 Å². The molecule has 9 aromatic carbocycles. The number of fused-ring (bicyclic) bond motifs is 6. The highest BCUT2D eigenvalue weighted by Crippen LogP contribution is 2.45. The minimum absolute atomic E-state index is 0.107. The molecule has 0 aliphatic carbocycles. The topological polar surface area (TPSA) is 57.4 Å². The molecule has 2 heterocycles. The second-order valence-electron chi connectivity index (χ2n) is 16.7. The third kappa shape index (κ3) is 6.44. The molecule has 0 saturated carbocycles. The summed E-state index contributed by atoms with van der Waals surface area (Å²) in [5.74, 6) is 0. The summed E-state index contributed by atoms with van der Waals surface area (Å²) in [6.07, 6.45) is -4.63. The molecule has 0 bridgehead atoms. The number of aromatic nitrogens is 2. The summed E-state index contributed by atoms with van der Waals surface area (Å²) in [5.41, 5.74) is 13.6. The molecule has 314 valence electrons. The second kappa shape index (κ2) is 15.6. The normalized spacial score (nSPS) is 11.7. The minimum atomic E-state index is -4.63. The van der Waals surface area contributed by atoms with Crippen molar-refractivity contribution < 1.29 is 13.2 Å². The number of nitriles is 2. The lowest BCUT2D eigenvalue weighted by Gasteiger charge is -2.21. The third-order valence-corrected chi connectivity index (χ3v) is 12.9. The number of hydrogen-bond donors (Lipinski definition) is 0. The van der Waals surface area contributed by atoms with Crippen LogP contribution < -0.4 is 0 Å². The Kier molecular flexibility index (Phi) is 9.46. The van der Waals surface area contributed by atoms with Crippen molar-refractivity contribution in [2.45, 2.75) is 20.0 Å². The van der Waals surface area contributed by atoms with Gasteiger partial charge in [0.15, 0.2) is 0 Å². The first-order chi connectivity index (χ1) is 32.1. The fourth-order valence-corrected chi connectivity index (χ4v) is 9.86. The molecule has 0 aliphatic heterocycles. The molecule has 0 unspecified atom stereocenters. The first-order valence-corrected chi connectivity index (χ1v) is 21.6. The van der Waals surface area contributed by atoms with Crippen LogP contribution >= 0.6 is 0 Å².